The zero-order chi connectivity index (χ0) is 27.6. The highest BCUT2D eigenvalue weighted by molar-refractivity contribution is 5.54. The molecule has 0 fully saturated rings. The van der Waals surface area contributed by atoms with E-state index < -0.39 is 0 Å². The molecule has 0 unspecified atom stereocenters. The summed E-state index contributed by atoms with van der Waals surface area (Å²) in [7, 11) is 2.05. The Labute approximate surface area is 235 Å². The Morgan fingerprint density at radius 1 is 0.632 bits per heavy atom. The predicted octanol–water partition coefficient (Wildman–Crippen LogP) is 11.3. The summed E-state index contributed by atoms with van der Waals surface area (Å²) in [6.07, 6.45) is 24.7. The summed E-state index contributed by atoms with van der Waals surface area (Å²) in [5.74, 6) is 0. The van der Waals surface area contributed by atoms with Crippen LogP contribution in [0.25, 0.3) is 6.08 Å². The van der Waals surface area contributed by atoms with E-state index in [4.69, 9.17) is 5.11 Å². The minimum absolute atomic E-state index is 1.05. The Morgan fingerprint density at radius 3 is 1.84 bits per heavy atom. The third kappa shape index (κ3) is 12.1. The van der Waals surface area contributed by atoms with Gasteiger partial charge in [-0.05, 0) is 109 Å². The molecule has 38 heavy (non-hydrogen) atoms. The van der Waals surface area contributed by atoms with Crippen molar-refractivity contribution >= 4 is 11.8 Å². The maximum atomic E-state index is 4.91. The summed E-state index contributed by atoms with van der Waals surface area (Å²) in [6.45, 7) is 11.4. The van der Waals surface area contributed by atoms with Crippen LogP contribution in [0.5, 0.6) is 0 Å². The van der Waals surface area contributed by atoms with Gasteiger partial charge in [-0.15, -0.1) is 0 Å². The first kappa shape index (κ1) is 32.0. The lowest BCUT2D eigenvalue weighted by Gasteiger charge is -2.17. The standard InChI is InChI=1S/C36H57N2/c1-7-11-15-17-19-31-25-30(5)26-35(29-31)37-38(6)24-23-32-27-33(20-13-9-3)36(22-14-10-4)34(28-32)21-18-16-12-8-2/h23-29H,7-22H2,1-6H3/q+1. The average Bonchev–Trinajstić information content (AvgIpc) is 2.90. The van der Waals surface area contributed by atoms with Crippen LogP contribution in [-0.2, 0) is 25.7 Å². The van der Waals surface area contributed by atoms with Crippen molar-refractivity contribution in [2.45, 2.75) is 137 Å². The summed E-state index contributed by atoms with van der Waals surface area (Å²) in [6, 6.07) is 11.7. The molecule has 0 aliphatic carbocycles. The van der Waals surface area contributed by atoms with Crippen molar-refractivity contribution in [1.29, 1.82) is 0 Å². The molecular formula is C36H57N2+. The molecule has 2 aromatic carbocycles. The third-order valence-electron chi connectivity index (χ3n) is 7.53. The van der Waals surface area contributed by atoms with E-state index in [0.717, 1.165) is 12.1 Å². The van der Waals surface area contributed by atoms with Crippen molar-refractivity contribution in [1.82, 2.24) is 0 Å². The first-order valence-corrected chi connectivity index (χ1v) is 15.9. The first-order valence-electron chi connectivity index (χ1n) is 15.9. The van der Waals surface area contributed by atoms with Gasteiger partial charge in [0, 0.05) is 6.08 Å². The van der Waals surface area contributed by atoms with E-state index in [1.54, 1.807) is 16.7 Å². The molecule has 0 aliphatic heterocycles. The number of nitrogens with zero attached hydrogens (tertiary/aromatic N) is 2. The van der Waals surface area contributed by atoms with Gasteiger partial charge in [0.25, 0.3) is 0 Å². The molecule has 210 valence electrons. The van der Waals surface area contributed by atoms with Crippen LogP contribution in [0.15, 0.2) is 41.6 Å². The minimum Gasteiger partial charge on any atom is -0.0934 e. The van der Waals surface area contributed by atoms with E-state index in [1.165, 1.54) is 113 Å². The second kappa shape index (κ2) is 18.9. The van der Waals surface area contributed by atoms with Gasteiger partial charge in [-0.3, -0.25) is 0 Å². The Morgan fingerprint density at radius 2 is 1.21 bits per heavy atom. The summed E-state index contributed by atoms with van der Waals surface area (Å²) in [4.78, 5) is 0. The Balaban J connectivity index is 2.27. The molecule has 0 N–H and O–H groups in total. The van der Waals surface area contributed by atoms with Crippen LogP contribution in [-0.4, -0.2) is 11.7 Å². The van der Waals surface area contributed by atoms with Crippen LogP contribution in [0.4, 0.5) is 5.69 Å². The highest BCUT2D eigenvalue weighted by Crippen LogP contribution is 2.25. The van der Waals surface area contributed by atoms with Crippen molar-refractivity contribution in [3.05, 3.63) is 69.9 Å². The third-order valence-corrected chi connectivity index (χ3v) is 7.53. The van der Waals surface area contributed by atoms with Gasteiger partial charge in [-0.2, -0.15) is 0 Å². The lowest BCUT2D eigenvalue weighted by atomic mass is 9.89. The predicted molar refractivity (Wildman–Crippen MR) is 168 cm³/mol. The summed E-state index contributed by atoms with van der Waals surface area (Å²) < 4.78 is 1.98. The fourth-order valence-electron chi connectivity index (χ4n) is 5.36. The molecule has 0 atom stereocenters. The smallest absolute Gasteiger partial charge is 0.0934 e. The zero-order valence-electron chi connectivity index (χ0n) is 25.7. The van der Waals surface area contributed by atoms with Crippen molar-refractivity contribution in [3.8, 4) is 0 Å². The molecule has 2 rings (SSSR count). The van der Waals surface area contributed by atoms with Gasteiger partial charge in [0.1, 0.15) is 5.69 Å². The normalized spacial score (nSPS) is 12.1. The largest absolute Gasteiger partial charge is 0.196 e. The Kier molecular flexibility index (Phi) is 15.9. The Bertz CT molecular complexity index is 999. The topological polar surface area (TPSA) is 15.4 Å². The highest BCUT2D eigenvalue weighted by Gasteiger charge is 2.11. The van der Waals surface area contributed by atoms with E-state index in [1.807, 2.05) is 4.70 Å². The molecule has 0 saturated heterocycles. The van der Waals surface area contributed by atoms with Gasteiger partial charge in [-0.1, -0.05) is 102 Å². The molecule has 2 heteroatoms. The van der Waals surface area contributed by atoms with Gasteiger partial charge < -0.3 is 0 Å². The molecule has 0 bridgehead atoms. The van der Waals surface area contributed by atoms with E-state index in [9.17, 15) is 0 Å². The second-order valence-corrected chi connectivity index (χ2v) is 11.3. The number of unbranched alkanes of at least 4 members (excludes halogenated alkanes) is 8. The molecular weight excluding hydrogens is 460 g/mol. The molecule has 0 spiro atoms. The quantitative estimate of drug-likeness (QED) is 0.1000. The monoisotopic (exact) mass is 517 g/mol. The summed E-state index contributed by atoms with van der Waals surface area (Å²) >= 11 is 0. The minimum atomic E-state index is 1.05. The number of azo groups is 2. The van der Waals surface area contributed by atoms with Crippen LogP contribution < -0.4 is 0 Å². The van der Waals surface area contributed by atoms with Crippen LogP contribution in [0.3, 0.4) is 0 Å². The fourth-order valence-corrected chi connectivity index (χ4v) is 5.36. The summed E-state index contributed by atoms with van der Waals surface area (Å²) in [5.41, 5.74) is 9.91. The lowest BCUT2D eigenvalue weighted by molar-refractivity contribution is -0.491. The van der Waals surface area contributed by atoms with E-state index in [2.05, 4.69) is 84.3 Å². The average molecular weight is 518 g/mol. The van der Waals surface area contributed by atoms with E-state index >= 15 is 0 Å². The van der Waals surface area contributed by atoms with E-state index in [-0.39, 0.29) is 0 Å². The molecule has 0 amide bonds. The van der Waals surface area contributed by atoms with Crippen molar-refractivity contribution in [2.75, 3.05) is 7.05 Å². The number of hydrogen-bond donors (Lipinski definition) is 0. The zero-order valence-corrected chi connectivity index (χ0v) is 25.7. The summed E-state index contributed by atoms with van der Waals surface area (Å²) in [5, 5.41) is 4.91. The van der Waals surface area contributed by atoms with Gasteiger partial charge in [-0.25, -0.2) is 0 Å². The van der Waals surface area contributed by atoms with Crippen molar-refractivity contribution in [2.24, 2.45) is 5.11 Å². The maximum Gasteiger partial charge on any atom is 0.196 e. The molecule has 0 radical (unpaired) electrons. The lowest BCUT2D eigenvalue weighted by Crippen LogP contribution is -2.03. The SMILES string of the molecule is CCCCCCc1cc(C)cc(N=[N+](C)C=Cc2cc(CCCC)c(CCCC)c(CCCCCC)c2)c1. The maximum absolute atomic E-state index is 4.91. The highest BCUT2D eigenvalue weighted by atomic mass is 15.2. The van der Waals surface area contributed by atoms with Gasteiger partial charge in [0.05, 0.1) is 0 Å². The van der Waals surface area contributed by atoms with Crippen molar-refractivity contribution < 1.29 is 4.70 Å². The molecule has 0 aromatic heterocycles. The van der Waals surface area contributed by atoms with Crippen LogP contribution in [0.2, 0.25) is 0 Å². The molecule has 0 aliphatic rings. The van der Waals surface area contributed by atoms with Crippen LogP contribution >= 0.6 is 0 Å². The van der Waals surface area contributed by atoms with Crippen LogP contribution in [0.1, 0.15) is 138 Å². The van der Waals surface area contributed by atoms with E-state index in [0.29, 0.717) is 0 Å². The van der Waals surface area contributed by atoms with Gasteiger partial charge >= 0.3 is 0 Å². The second-order valence-electron chi connectivity index (χ2n) is 11.3. The van der Waals surface area contributed by atoms with Gasteiger partial charge in [0.2, 0.25) is 0 Å². The number of benzene rings is 2. The Hall–Kier alpha value is -2.22. The number of aryl methyl sites for hydroxylation is 4. The molecule has 0 saturated carbocycles. The number of rotatable bonds is 19. The van der Waals surface area contributed by atoms with Crippen LogP contribution in [0, 0.1) is 6.92 Å². The fraction of sp³-hybridized carbons (Fsp3) is 0.611. The van der Waals surface area contributed by atoms with Gasteiger partial charge in [0.15, 0.2) is 13.2 Å². The molecule has 0 heterocycles. The molecule has 2 nitrogen and oxygen atoms in total. The number of hydrogen-bond acceptors (Lipinski definition) is 1. The first-order chi connectivity index (χ1) is 18.5. The molecule has 2 aromatic rings. The van der Waals surface area contributed by atoms with Crippen molar-refractivity contribution in [3.63, 3.8) is 0 Å².